The second-order valence-corrected chi connectivity index (χ2v) is 7.57. The lowest BCUT2D eigenvalue weighted by Gasteiger charge is -2.28. The van der Waals surface area contributed by atoms with Crippen molar-refractivity contribution in [3.63, 3.8) is 0 Å². The SMILES string of the molecule is CSc1ccccc1CN1CCc2nc(C3=NCCCC3)ncc2C1. The van der Waals surface area contributed by atoms with Crippen molar-refractivity contribution < 1.29 is 0 Å². The molecule has 0 amide bonds. The Balaban J connectivity index is 1.49. The molecule has 4 rings (SSSR count). The zero-order chi connectivity index (χ0) is 17.1. The van der Waals surface area contributed by atoms with Gasteiger partial charge in [0.15, 0.2) is 5.82 Å². The lowest BCUT2D eigenvalue weighted by atomic mass is 10.0. The molecule has 0 saturated heterocycles. The highest BCUT2D eigenvalue weighted by molar-refractivity contribution is 7.98. The first kappa shape index (κ1) is 16.7. The first-order chi connectivity index (χ1) is 12.3. The maximum absolute atomic E-state index is 4.84. The Hall–Kier alpha value is -1.72. The van der Waals surface area contributed by atoms with E-state index in [-0.39, 0.29) is 0 Å². The smallest absolute Gasteiger partial charge is 0.173 e. The highest BCUT2D eigenvalue weighted by Gasteiger charge is 2.20. The zero-order valence-corrected chi connectivity index (χ0v) is 15.6. The van der Waals surface area contributed by atoms with Crippen LogP contribution in [0, 0.1) is 0 Å². The van der Waals surface area contributed by atoms with Gasteiger partial charge in [0.2, 0.25) is 0 Å². The predicted molar refractivity (Wildman–Crippen MR) is 103 cm³/mol. The summed E-state index contributed by atoms with van der Waals surface area (Å²) in [7, 11) is 0. The van der Waals surface area contributed by atoms with Crippen LogP contribution in [-0.2, 0) is 19.5 Å². The number of hydrogen-bond acceptors (Lipinski definition) is 5. The fourth-order valence-corrected chi connectivity index (χ4v) is 4.21. The Kier molecular flexibility index (Phi) is 5.13. The Bertz CT molecular complexity index is 787. The number of hydrogen-bond donors (Lipinski definition) is 0. The van der Waals surface area contributed by atoms with Crippen LogP contribution in [0.15, 0.2) is 40.4 Å². The number of nitrogens with zero attached hydrogens (tertiary/aromatic N) is 4. The predicted octanol–water partition coefficient (Wildman–Crippen LogP) is 3.73. The summed E-state index contributed by atoms with van der Waals surface area (Å²) in [6, 6.07) is 8.69. The number of thioether (sulfide) groups is 1. The van der Waals surface area contributed by atoms with E-state index in [1.807, 2.05) is 18.0 Å². The molecule has 4 nitrogen and oxygen atoms in total. The monoisotopic (exact) mass is 352 g/mol. The van der Waals surface area contributed by atoms with Crippen molar-refractivity contribution >= 4 is 17.5 Å². The van der Waals surface area contributed by atoms with Crippen molar-refractivity contribution in [3.05, 3.63) is 53.1 Å². The lowest BCUT2D eigenvalue weighted by molar-refractivity contribution is 0.241. The zero-order valence-electron chi connectivity index (χ0n) is 14.7. The standard InChI is InChI=1S/C20H24N4S/c1-25-19-8-3-2-6-15(19)13-24-11-9-17-16(14-24)12-22-20(23-17)18-7-4-5-10-21-18/h2-3,6,8,12H,4-5,7,9-11,13-14H2,1H3. The van der Waals surface area contributed by atoms with Crippen molar-refractivity contribution in [2.24, 2.45) is 4.99 Å². The van der Waals surface area contributed by atoms with Gasteiger partial charge in [-0.1, -0.05) is 18.2 Å². The van der Waals surface area contributed by atoms with Crippen LogP contribution in [0.2, 0.25) is 0 Å². The first-order valence-electron chi connectivity index (χ1n) is 9.06. The van der Waals surface area contributed by atoms with E-state index < -0.39 is 0 Å². The normalized spacial score (nSPS) is 17.9. The molecule has 0 bridgehead atoms. The lowest BCUT2D eigenvalue weighted by Crippen LogP contribution is -2.31. The quantitative estimate of drug-likeness (QED) is 0.786. The number of rotatable bonds is 4. The summed E-state index contributed by atoms with van der Waals surface area (Å²) in [4.78, 5) is 17.9. The molecule has 3 heterocycles. The van der Waals surface area contributed by atoms with E-state index in [4.69, 9.17) is 4.98 Å². The number of aromatic nitrogens is 2. The van der Waals surface area contributed by atoms with Gasteiger partial charge in [-0.15, -0.1) is 11.8 Å². The minimum absolute atomic E-state index is 0.861. The summed E-state index contributed by atoms with van der Waals surface area (Å²) in [6.07, 6.45) is 8.61. The van der Waals surface area contributed by atoms with Crippen molar-refractivity contribution in [3.8, 4) is 0 Å². The van der Waals surface area contributed by atoms with E-state index >= 15 is 0 Å². The Morgan fingerprint density at radius 2 is 2.08 bits per heavy atom. The van der Waals surface area contributed by atoms with Gasteiger partial charge in [0.05, 0.1) is 11.4 Å². The van der Waals surface area contributed by atoms with Crippen LogP contribution in [0.3, 0.4) is 0 Å². The second kappa shape index (κ2) is 7.67. The minimum Gasteiger partial charge on any atom is -0.294 e. The van der Waals surface area contributed by atoms with Gasteiger partial charge < -0.3 is 0 Å². The van der Waals surface area contributed by atoms with Crippen LogP contribution in [0.25, 0.3) is 0 Å². The largest absolute Gasteiger partial charge is 0.294 e. The van der Waals surface area contributed by atoms with Crippen LogP contribution in [0.4, 0.5) is 0 Å². The topological polar surface area (TPSA) is 41.4 Å². The molecule has 25 heavy (non-hydrogen) atoms. The van der Waals surface area contributed by atoms with Gasteiger partial charge in [-0.25, -0.2) is 9.97 Å². The van der Waals surface area contributed by atoms with Crippen molar-refractivity contribution in [1.82, 2.24) is 14.9 Å². The molecule has 0 N–H and O–H groups in total. The Labute approximate surface area is 153 Å². The minimum atomic E-state index is 0.861. The van der Waals surface area contributed by atoms with Gasteiger partial charge in [-0.05, 0) is 37.1 Å². The van der Waals surface area contributed by atoms with Crippen molar-refractivity contribution in [2.75, 3.05) is 19.3 Å². The molecule has 0 fully saturated rings. The van der Waals surface area contributed by atoms with Gasteiger partial charge in [-0.3, -0.25) is 9.89 Å². The number of fused-ring (bicyclic) bond motifs is 1. The summed E-state index contributed by atoms with van der Waals surface area (Å²) in [6.45, 7) is 3.91. The van der Waals surface area contributed by atoms with Crippen LogP contribution in [0.1, 0.15) is 41.9 Å². The first-order valence-corrected chi connectivity index (χ1v) is 10.3. The fraction of sp³-hybridized carbons (Fsp3) is 0.450. The Morgan fingerprint density at radius 3 is 2.92 bits per heavy atom. The molecule has 1 aromatic carbocycles. The van der Waals surface area contributed by atoms with E-state index in [2.05, 4.69) is 45.4 Å². The van der Waals surface area contributed by atoms with Crippen LogP contribution >= 0.6 is 11.8 Å². The molecule has 130 valence electrons. The molecule has 2 aromatic rings. The summed E-state index contributed by atoms with van der Waals surface area (Å²) >= 11 is 1.82. The summed E-state index contributed by atoms with van der Waals surface area (Å²) in [5.74, 6) is 0.861. The summed E-state index contributed by atoms with van der Waals surface area (Å²) in [5, 5.41) is 0. The molecule has 0 atom stereocenters. The van der Waals surface area contributed by atoms with E-state index in [0.29, 0.717) is 0 Å². The Morgan fingerprint density at radius 1 is 1.16 bits per heavy atom. The van der Waals surface area contributed by atoms with E-state index in [1.54, 1.807) is 0 Å². The van der Waals surface area contributed by atoms with Crippen LogP contribution in [-0.4, -0.2) is 39.9 Å². The van der Waals surface area contributed by atoms with Crippen LogP contribution in [0.5, 0.6) is 0 Å². The average molecular weight is 353 g/mol. The highest BCUT2D eigenvalue weighted by Crippen LogP contribution is 2.24. The van der Waals surface area contributed by atoms with Gasteiger partial charge in [0, 0.05) is 49.3 Å². The number of benzene rings is 1. The molecule has 0 unspecified atom stereocenters. The van der Waals surface area contributed by atoms with Crippen molar-refractivity contribution in [2.45, 2.75) is 43.7 Å². The maximum atomic E-state index is 4.84. The molecular formula is C20H24N4S. The van der Waals surface area contributed by atoms with Crippen molar-refractivity contribution in [1.29, 1.82) is 0 Å². The van der Waals surface area contributed by atoms with Gasteiger partial charge in [0.1, 0.15) is 0 Å². The van der Waals surface area contributed by atoms with Gasteiger partial charge >= 0.3 is 0 Å². The molecular weight excluding hydrogens is 328 g/mol. The third-order valence-corrected chi connectivity index (χ3v) is 5.82. The fourth-order valence-electron chi connectivity index (χ4n) is 3.60. The molecule has 0 spiro atoms. The maximum Gasteiger partial charge on any atom is 0.173 e. The van der Waals surface area contributed by atoms with E-state index in [0.717, 1.165) is 50.6 Å². The second-order valence-electron chi connectivity index (χ2n) is 6.72. The molecule has 1 aromatic heterocycles. The van der Waals surface area contributed by atoms with E-state index in [9.17, 15) is 0 Å². The van der Waals surface area contributed by atoms with E-state index in [1.165, 1.54) is 34.6 Å². The molecule has 0 aliphatic carbocycles. The molecule has 5 heteroatoms. The highest BCUT2D eigenvalue weighted by atomic mass is 32.2. The summed E-state index contributed by atoms with van der Waals surface area (Å²) in [5.41, 5.74) is 5.00. The molecule has 2 aliphatic rings. The molecule has 0 saturated carbocycles. The third kappa shape index (κ3) is 3.77. The summed E-state index contributed by atoms with van der Waals surface area (Å²) < 4.78 is 0. The third-order valence-electron chi connectivity index (χ3n) is 4.98. The average Bonchev–Trinajstić information content (AvgIpc) is 2.68. The molecule has 0 radical (unpaired) electrons. The number of aliphatic imine (C=N–C) groups is 1. The molecule has 2 aliphatic heterocycles. The van der Waals surface area contributed by atoms with Crippen LogP contribution < -0.4 is 0 Å². The van der Waals surface area contributed by atoms with Gasteiger partial charge in [0.25, 0.3) is 0 Å². The van der Waals surface area contributed by atoms with Gasteiger partial charge in [-0.2, -0.15) is 0 Å².